The predicted octanol–water partition coefficient (Wildman–Crippen LogP) is 5.62. The monoisotopic (exact) mass is 428 g/mol. The van der Waals surface area contributed by atoms with Crippen LogP contribution in [-0.4, -0.2) is 24.5 Å². The number of carbonyl (C=O) groups is 2. The zero-order valence-electron chi connectivity index (χ0n) is 18.7. The Labute approximate surface area is 189 Å². The second-order valence-corrected chi connectivity index (χ2v) is 8.02. The normalized spacial score (nSPS) is 17.4. The number of benzene rings is 3. The van der Waals surface area contributed by atoms with Gasteiger partial charge in [0, 0.05) is 29.9 Å². The summed E-state index contributed by atoms with van der Waals surface area (Å²) in [5.74, 6) is 0.590. The van der Waals surface area contributed by atoms with Crippen molar-refractivity contribution in [2.75, 3.05) is 16.4 Å². The van der Waals surface area contributed by atoms with Crippen LogP contribution in [0.15, 0.2) is 78.9 Å². The maximum atomic E-state index is 13.6. The number of nitrogens with zero attached hydrogens (tertiary/aromatic N) is 2. The van der Waals surface area contributed by atoms with Crippen LogP contribution < -0.4 is 14.5 Å². The molecule has 164 valence electrons. The molecule has 1 aliphatic rings. The SMILES string of the molecule is CCOc1cccc(C(=O)N2c3ccccc3[C@@H](N(C(C)=O)c3ccccc3)C[C@H]2C)c1. The number of rotatable bonds is 5. The summed E-state index contributed by atoms with van der Waals surface area (Å²) in [5, 5.41) is 0. The van der Waals surface area contributed by atoms with Crippen molar-refractivity contribution in [3.05, 3.63) is 90.0 Å². The van der Waals surface area contributed by atoms with Crippen molar-refractivity contribution in [1.29, 1.82) is 0 Å². The second-order valence-electron chi connectivity index (χ2n) is 8.02. The fourth-order valence-electron chi connectivity index (χ4n) is 4.53. The first-order chi connectivity index (χ1) is 15.5. The highest BCUT2D eigenvalue weighted by Crippen LogP contribution is 2.42. The Bertz CT molecular complexity index is 1110. The number of ether oxygens (including phenoxy) is 1. The third kappa shape index (κ3) is 4.11. The van der Waals surface area contributed by atoms with E-state index in [2.05, 4.69) is 0 Å². The third-order valence-corrected chi connectivity index (χ3v) is 5.86. The van der Waals surface area contributed by atoms with Crippen LogP contribution in [0.3, 0.4) is 0 Å². The number of para-hydroxylation sites is 2. The molecule has 0 unspecified atom stereocenters. The quantitative estimate of drug-likeness (QED) is 0.530. The van der Waals surface area contributed by atoms with Crippen molar-refractivity contribution in [2.24, 2.45) is 0 Å². The number of fused-ring (bicyclic) bond motifs is 1. The van der Waals surface area contributed by atoms with Crippen molar-refractivity contribution in [1.82, 2.24) is 0 Å². The molecule has 0 radical (unpaired) electrons. The molecule has 0 saturated heterocycles. The van der Waals surface area contributed by atoms with E-state index in [0.29, 0.717) is 24.3 Å². The average molecular weight is 429 g/mol. The van der Waals surface area contributed by atoms with Gasteiger partial charge in [0.2, 0.25) is 5.91 Å². The summed E-state index contributed by atoms with van der Waals surface area (Å²) in [6, 6.07) is 24.6. The van der Waals surface area contributed by atoms with Crippen LogP contribution in [0.4, 0.5) is 11.4 Å². The highest BCUT2D eigenvalue weighted by molar-refractivity contribution is 6.07. The molecular formula is C27H28N2O3. The molecule has 4 rings (SSSR count). The van der Waals surface area contributed by atoms with Gasteiger partial charge < -0.3 is 14.5 Å². The van der Waals surface area contributed by atoms with Gasteiger partial charge in [-0.2, -0.15) is 0 Å². The van der Waals surface area contributed by atoms with Gasteiger partial charge in [0.15, 0.2) is 0 Å². The van der Waals surface area contributed by atoms with Gasteiger partial charge in [-0.15, -0.1) is 0 Å². The Morgan fingerprint density at radius 3 is 2.44 bits per heavy atom. The Morgan fingerprint density at radius 2 is 1.72 bits per heavy atom. The van der Waals surface area contributed by atoms with Crippen molar-refractivity contribution < 1.29 is 14.3 Å². The van der Waals surface area contributed by atoms with E-state index in [9.17, 15) is 9.59 Å². The lowest BCUT2D eigenvalue weighted by molar-refractivity contribution is -0.117. The molecule has 0 saturated carbocycles. The van der Waals surface area contributed by atoms with Crippen LogP contribution in [0.5, 0.6) is 5.75 Å². The molecule has 0 aromatic heterocycles. The molecule has 0 bridgehead atoms. The maximum absolute atomic E-state index is 13.6. The minimum absolute atomic E-state index is 0.0209. The number of anilines is 2. The van der Waals surface area contributed by atoms with Crippen LogP contribution >= 0.6 is 0 Å². The number of hydrogen-bond donors (Lipinski definition) is 0. The molecule has 3 aromatic rings. The van der Waals surface area contributed by atoms with Gasteiger partial charge in [0.05, 0.1) is 12.6 Å². The maximum Gasteiger partial charge on any atom is 0.258 e. The summed E-state index contributed by atoms with van der Waals surface area (Å²) in [6.07, 6.45) is 0.641. The highest BCUT2D eigenvalue weighted by Gasteiger charge is 2.38. The summed E-state index contributed by atoms with van der Waals surface area (Å²) >= 11 is 0. The first kappa shape index (κ1) is 21.6. The van der Waals surface area contributed by atoms with Gasteiger partial charge in [-0.1, -0.05) is 42.5 Å². The summed E-state index contributed by atoms with van der Waals surface area (Å²) < 4.78 is 5.59. The Kier molecular flexibility index (Phi) is 6.26. The molecule has 5 heteroatoms. The standard InChI is InChI=1S/C27H28N2O3/c1-4-32-23-14-10-11-21(18-23)27(31)28-19(2)17-26(24-15-8-9-16-25(24)28)29(20(3)30)22-12-6-5-7-13-22/h5-16,18-19,26H,4,17H2,1-3H3/t19-,26+/m1/s1. The molecule has 1 heterocycles. The number of hydrogen-bond acceptors (Lipinski definition) is 3. The smallest absolute Gasteiger partial charge is 0.258 e. The minimum atomic E-state index is -0.153. The largest absolute Gasteiger partial charge is 0.494 e. The molecule has 32 heavy (non-hydrogen) atoms. The Balaban J connectivity index is 1.75. The van der Waals surface area contributed by atoms with Crippen LogP contribution in [0.2, 0.25) is 0 Å². The van der Waals surface area contributed by atoms with Gasteiger partial charge in [-0.05, 0) is 62.2 Å². The third-order valence-electron chi connectivity index (χ3n) is 5.86. The molecule has 0 N–H and O–H groups in total. The van der Waals surface area contributed by atoms with E-state index < -0.39 is 0 Å². The van der Waals surface area contributed by atoms with Crippen LogP contribution in [0.25, 0.3) is 0 Å². The van der Waals surface area contributed by atoms with Crippen LogP contribution in [0.1, 0.15) is 49.2 Å². The van der Waals surface area contributed by atoms with Crippen molar-refractivity contribution in [3.63, 3.8) is 0 Å². The summed E-state index contributed by atoms with van der Waals surface area (Å²) in [4.78, 5) is 30.0. The molecular weight excluding hydrogens is 400 g/mol. The van der Waals surface area contributed by atoms with Crippen LogP contribution in [-0.2, 0) is 4.79 Å². The van der Waals surface area contributed by atoms with Crippen molar-refractivity contribution >= 4 is 23.2 Å². The topological polar surface area (TPSA) is 49.9 Å². The van der Waals surface area contributed by atoms with E-state index in [1.54, 1.807) is 13.0 Å². The van der Waals surface area contributed by atoms with E-state index in [-0.39, 0.29) is 23.9 Å². The fraction of sp³-hybridized carbons (Fsp3) is 0.259. The number of amides is 2. The average Bonchev–Trinajstić information content (AvgIpc) is 2.80. The lowest BCUT2D eigenvalue weighted by atomic mass is 9.89. The predicted molar refractivity (Wildman–Crippen MR) is 127 cm³/mol. The molecule has 0 fully saturated rings. The highest BCUT2D eigenvalue weighted by atomic mass is 16.5. The van der Waals surface area contributed by atoms with E-state index in [0.717, 1.165) is 16.9 Å². The molecule has 5 nitrogen and oxygen atoms in total. The van der Waals surface area contributed by atoms with E-state index in [4.69, 9.17) is 4.74 Å². The van der Waals surface area contributed by atoms with Crippen LogP contribution in [0, 0.1) is 0 Å². The molecule has 2 atom stereocenters. The zero-order chi connectivity index (χ0) is 22.7. The lowest BCUT2D eigenvalue weighted by Gasteiger charge is -2.43. The first-order valence-corrected chi connectivity index (χ1v) is 11.0. The number of carbonyl (C=O) groups excluding carboxylic acids is 2. The minimum Gasteiger partial charge on any atom is -0.494 e. The summed E-state index contributed by atoms with van der Waals surface area (Å²) in [5.41, 5.74) is 3.25. The lowest BCUT2D eigenvalue weighted by Crippen LogP contribution is -2.47. The van der Waals surface area contributed by atoms with E-state index in [1.807, 2.05) is 96.4 Å². The zero-order valence-corrected chi connectivity index (χ0v) is 18.7. The Hall–Kier alpha value is -3.60. The van der Waals surface area contributed by atoms with Gasteiger partial charge in [0.25, 0.3) is 5.91 Å². The van der Waals surface area contributed by atoms with Gasteiger partial charge in [0.1, 0.15) is 5.75 Å². The van der Waals surface area contributed by atoms with Gasteiger partial charge in [-0.25, -0.2) is 0 Å². The Morgan fingerprint density at radius 1 is 1.00 bits per heavy atom. The first-order valence-electron chi connectivity index (χ1n) is 11.0. The summed E-state index contributed by atoms with van der Waals surface area (Å²) in [6.45, 7) is 6.10. The molecule has 3 aromatic carbocycles. The van der Waals surface area contributed by atoms with Gasteiger partial charge >= 0.3 is 0 Å². The van der Waals surface area contributed by atoms with E-state index >= 15 is 0 Å². The summed E-state index contributed by atoms with van der Waals surface area (Å²) in [7, 11) is 0. The molecule has 2 amide bonds. The second kappa shape index (κ2) is 9.27. The van der Waals surface area contributed by atoms with Gasteiger partial charge in [-0.3, -0.25) is 9.59 Å². The molecule has 0 aliphatic carbocycles. The van der Waals surface area contributed by atoms with Crippen molar-refractivity contribution in [2.45, 2.75) is 39.3 Å². The molecule has 0 spiro atoms. The van der Waals surface area contributed by atoms with Crippen molar-refractivity contribution in [3.8, 4) is 5.75 Å². The molecule has 1 aliphatic heterocycles. The van der Waals surface area contributed by atoms with E-state index in [1.165, 1.54) is 0 Å². The fourth-order valence-corrected chi connectivity index (χ4v) is 4.53.